The lowest BCUT2D eigenvalue weighted by molar-refractivity contribution is -0.145. The van der Waals surface area contributed by atoms with Gasteiger partial charge in [0.1, 0.15) is 18.0 Å². The molecule has 1 aliphatic heterocycles. The molecular weight excluding hydrogens is 201 g/mol. The van der Waals surface area contributed by atoms with Crippen LogP contribution >= 0.6 is 0 Å². The molecule has 4 unspecified atom stereocenters. The summed E-state index contributed by atoms with van der Waals surface area (Å²) in [6, 6.07) is -1.49. The average molecular weight is 215 g/mol. The molecular formula is C10H14FNO3. The number of aliphatic carboxylic acids is 1. The van der Waals surface area contributed by atoms with Gasteiger partial charge in [-0.3, -0.25) is 14.9 Å². The van der Waals surface area contributed by atoms with E-state index in [9.17, 15) is 14.0 Å². The number of carbonyl (C=O) groups is 2. The lowest BCUT2D eigenvalue weighted by Gasteiger charge is -2.39. The first kappa shape index (κ1) is 10.5. The minimum atomic E-state index is -1.09. The zero-order valence-electron chi connectivity index (χ0n) is 8.28. The molecule has 84 valence electrons. The van der Waals surface area contributed by atoms with Crippen LogP contribution in [0.5, 0.6) is 0 Å². The van der Waals surface area contributed by atoms with Crippen LogP contribution in [0.15, 0.2) is 0 Å². The molecule has 0 aromatic heterocycles. The smallest absolute Gasteiger partial charge is 0.321 e. The van der Waals surface area contributed by atoms with Crippen LogP contribution in [0.25, 0.3) is 0 Å². The second kappa shape index (κ2) is 3.89. The monoisotopic (exact) mass is 215 g/mol. The molecule has 15 heavy (non-hydrogen) atoms. The summed E-state index contributed by atoms with van der Waals surface area (Å²) in [6.07, 6.45) is 0.725. The van der Waals surface area contributed by atoms with Gasteiger partial charge in [-0.2, -0.15) is 0 Å². The number of rotatable bonds is 1. The van der Waals surface area contributed by atoms with Crippen molar-refractivity contribution in [1.29, 1.82) is 0 Å². The highest BCUT2D eigenvalue weighted by Crippen LogP contribution is 2.32. The second-order valence-electron chi connectivity index (χ2n) is 4.31. The molecule has 0 aromatic carbocycles. The molecule has 0 radical (unpaired) electrons. The van der Waals surface area contributed by atoms with Gasteiger partial charge in [0.15, 0.2) is 0 Å². The van der Waals surface area contributed by atoms with E-state index in [-0.39, 0.29) is 18.1 Å². The molecule has 2 aliphatic rings. The third kappa shape index (κ3) is 1.88. The van der Waals surface area contributed by atoms with Crippen molar-refractivity contribution in [3.63, 3.8) is 0 Å². The number of hydrogen-bond acceptors (Lipinski definition) is 3. The Labute approximate surface area is 86.8 Å². The fourth-order valence-corrected chi connectivity index (χ4v) is 2.53. The molecule has 0 spiro atoms. The first-order chi connectivity index (χ1) is 7.09. The molecule has 1 saturated carbocycles. The maximum Gasteiger partial charge on any atom is 0.321 e. The van der Waals surface area contributed by atoms with Crippen molar-refractivity contribution in [1.82, 2.24) is 5.32 Å². The number of piperidine rings is 1. The Bertz CT molecular complexity index is 294. The maximum absolute atomic E-state index is 13.5. The highest BCUT2D eigenvalue weighted by Gasteiger charge is 2.44. The lowest BCUT2D eigenvalue weighted by Crippen LogP contribution is -2.59. The number of alkyl halides is 1. The zero-order valence-corrected chi connectivity index (χ0v) is 8.28. The Morgan fingerprint density at radius 1 is 1.47 bits per heavy atom. The van der Waals surface area contributed by atoms with E-state index < -0.39 is 24.2 Å². The number of hydrogen-bond donors (Lipinski definition) is 2. The van der Waals surface area contributed by atoms with Crippen molar-refractivity contribution < 1.29 is 19.1 Å². The van der Waals surface area contributed by atoms with Gasteiger partial charge >= 0.3 is 5.97 Å². The summed E-state index contributed by atoms with van der Waals surface area (Å²) in [6.45, 7) is 0. The van der Waals surface area contributed by atoms with Crippen molar-refractivity contribution in [3.05, 3.63) is 0 Å². The zero-order chi connectivity index (χ0) is 11.0. The van der Waals surface area contributed by atoms with Gasteiger partial charge in [0.25, 0.3) is 0 Å². The molecule has 1 saturated heterocycles. The highest BCUT2D eigenvalue weighted by atomic mass is 19.1. The van der Waals surface area contributed by atoms with Crippen LogP contribution in [0, 0.1) is 5.92 Å². The summed E-state index contributed by atoms with van der Waals surface area (Å²) in [5.41, 5.74) is 0. The van der Waals surface area contributed by atoms with E-state index in [1.165, 1.54) is 0 Å². The van der Waals surface area contributed by atoms with Gasteiger partial charge in [-0.05, 0) is 19.3 Å². The molecule has 2 N–H and O–H groups in total. The molecule has 0 bridgehead atoms. The molecule has 2 rings (SSSR count). The van der Waals surface area contributed by atoms with Crippen LogP contribution < -0.4 is 5.32 Å². The lowest BCUT2D eigenvalue weighted by atomic mass is 9.76. The quantitative estimate of drug-likeness (QED) is 0.668. The Balaban J connectivity index is 2.14. The predicted molar refractivity (Wildman–Crippen MR) is 50.2 cm³/mol. The first-order valence-corrected chi connectivity index (χ1v) is 5.25. The average Bonchev–Trinajstić information content (AvgIpc) is 2.19. The molecule has 1 heterocycles. The van der Waals surface area contributed by atoms with Crippen molar-refractivity contribution in [2.45, 2.75) is 43.9 Å². The van der Waals surface area contributed by atoms with Gasteiger partial charge in [0.2, 0.25) is 0 Å². The molecule has 5 heteroatoms. The van der Waals surface area contributed by atoms with Crippen molar-refractivity contribution in [2.75, 3.05) is 0 Å². The summed E-state index contributed by atoms with van der Waals surface area (Å²) in [5.74, 6) is -1.49. The molecule has 1 aliphatic carbocycles. The number of carboxylic acid groups (broad SMARTS) is 1. The van der Waals surface area contributed by atoms with Crippen molar-refractivity contribution in [2.24, 2.45) is 5.92 Å². The summed E-state index contributed by atoms with van der Waals surface area (Å²) in [4.78, 5) is 22.4. The van der Waals surface area contributed by atoms with Gasteiger partial charge in [-0.25, -0.2) is 4.39 Å². The summed E-state index contributed by atoms with van der Waals surface area (Å²) in [5, 5.41) is 11.5. The Hall–Kier alpha value is -0.970. The largest absolute Gasteiger partial charge is 0.480 e. The Morgan fingerprint density at radius 2 is 2.20 bits per heavy atom. The van der Waals surface area contributed by atoms with Crippen LogP contribution in [-0.4, -0.2) is 35.1 Å². The molecule has 0 aromatic rings. The van der Waals surface area contributed by atoms with Crippen LogP contribution in [0.1, 0.15) is 25.7 Å². The number of Topliss-reactive ketones (excluding diaryl/α,β-unsaturated/α-hetero) is 1. The van der Waals surface area contributed by atoms with E-state index in [1.807, 2.05) is 0 Å². The number of carbonyl (C=O) groups excluding carboxylic acids is 1. The highest BCUT2D eigenvalue weighted by molar-refractivity contribution is 5.89. The fourth-order valence-electron chi connectivity index (χ4n) is 2.53. The minimum absolute atomic E-state index is 0.0107. The maximum atomic E-state index is 13.5. The standard InChI is InChI=1S/C10H14FNO3/c11-6-3-1-2-5-8(13)4-7(10(14)15)12-9(5)6/h5-7,9,12H,1-4H2,(H,14,15). The number of carboxylic acids is 1. The van der Waals surface area contributed by atoms with Crippen LogP contribution in [0.2, 0.25) is 0 Å². The topological polar surface area (TPSA) is 66.4 Å². The van der Waals surface area contributed by atoms with Gasteiger partial charge in [0.05, 0.1) is 0 Å². The van der Waals surface area contributed by atoms with Crippen LogP contribution in [0.4, 0.5) is 4.39 Å². The van der Waals surface area contributed by atoms with E-state index >= 15 is 0 Å². The van der Waals surface area contributed by atoms with Gasteiger partial charge in [-0.15, -0.1) is 0 Å². The molecule has 4 atom stereocenters. The Morgan fingerprint density at radius 3 is 2.87 bits per heavy atom. The van der Waals surface area contributed by atoms with Crippen LogP contribution in [0.3, 0.4) is 0 Å². The normalized spacial score (nSPS) is 41.0. The number of fused-ring (bicyclic) bond motifs is 1. The van der Waals surface area contributed by atoms with E-state index in [0.29, 0.717) is 19.3 Å². The molecule has 0 amide bonds. The van der Waals surface area contributed by atoms with E-state index in [2.05, 4.69) is 5.32 Å². The fraction of sp³-hybridized carbons (Fsp3) is 0.800. The van der Waals surface area contributed by atoms with Gasteiger partial charge < -0.3 is 5.11 Å². The third-order valence-corrected chi connectivity index (χ3v) is 3.33. The first-order valence-electron chi connectivity index (χ1n) is 5.25. The van der Waals surface area contributed by atoms with Crippen molar-refractivity contribution in [3.8, 4) is 0 Å². The summed E-state index contributed by atoms with van der Waals surface area (Å²) in [7, 11) is 0. The number of halogens is 1. The number of nitrogens with one attached hydrogen (secondary N) is 1. The minimum Gasteiger partial charge on any atom is -0.480 e. The molecule has 2 fully saturated rings. The van der Waals surface area contributed by atoms with Crippen molar-refractivity contribution >= 4 is 11.8 Å². The second-order valence-corrected chi connectivity index (χ2v) is 4.31. The molecule has 4 nitrogen and oxygen atoms in total. The third-order valence-electron chi connectivity index (χ3n) is 3.33. The van der Waals surface area contributed by atoms with E-state index in [1.54, 1.807) is 0 Å². The van der Waals surface area contributed by atoms with Gasteiger partial charge in [-0.1, -0.05) is 0 Å². The SMILES string of the molecule is O=C(O)C1CC(=O)C2CCCC(F)C2N1. The van der Waals surface area contributed by atoms with E-state index in [0.717, 1.165) is 0 Å². The van der Waals surface area contributed by atoms with Crippen LogP contribution in [-0.2, 0) is 9.59 Å². The Kier molecular flexibility index (Phi) is 2.73. The summed E-state index contributed by atoms with van der Waals surface area (Å²) < 4.78 is 13.5. The predicted octanol–water partition coefficient (Wildman–Crippen LogP) is 0.509. The van der Waals surface area contributed by atoms with E-state index in [4.69, 9.17) is 5.11 Å². The summed E-state index contributed by atoms with van der Waals surface area (Å²) >= 11 is 0. The number of ketones is 1. The van der Waals surface area contributed by atoms with Gasteiger partial charge in [0, 0.05) is 18.4 Å².